The van der Waals surface area contributed by atoms with Crippen molar-refractivity contribution in [1.29, 1.82) is 0 Å². The van der Waals surface area contributed by atoms with Gasteiger partial charge >= 0.3 is 6.09 Å². The van der Waals surface area contributed by atoms with E-state index in [0.717, 1.165) is 28.1 Å². The number of carboxylic acid groups (broad SMARTS) is 1. The average Bonchev–Trinajstić information content (AvgIpc) is 3.49. The summed E-state index contributed by atoms with van der Waals surface area (Å²) in [6.07, 6.45) is 2.73. The second kappa shape index (κ2) is 10.4. The van der Waals surface area contributed by atoms with Crippen LogP contribution in [0.5, 0.6) is 0 Å². The fourth-order valence-electron chi connectivity index (χ4n) is 4.44. The van der Waals surface area contributed by atoms with Gasteiger partial charge in [-0.05, 0) is 36.6 Å². The Balaban J connectivity index is 1.43. The van der Waals surface area contributed by atoms with Gasteiger partial charge < -0.3 is 25.2 Å². The van der Waals surface area contributed by atoms with E-state index in [0.29, 0.717) is 24.0 Å². The molecule has 0 spiro atoms. The lowest BCUT2D eigenvalue weighted by atomic mass is 9.96. The second-order valence-corrected chi connectivity index (χ2v) is 10.8. The first kappa shape index (κ1) is 26.8. The molecule has 5 rings (SSSR count). The molecule has 1 aliphatic heterocycles. The van der Waals surface area contributed by atoms with Gasteiger partial charge in [0.1, 0.15) is 0 Å². The highest BCUT2D eigenvalue weighted by atomic mass is 16.5. The van der Waals surface area contributed by atoms with Crippen LogP contribution in [0.4, 0.5) is 16.4 Å². The van der Waals surface area contributed by atoms with Crippen molar-refractivity contribution in [1.82, 2.24) is 40.1 Å². The van der Waals surface area contributed by atoms with Crippen LogP contribution in [-0.2, 0) is 19.0 Å². The Morgan fingerprint density at radius 2 is 1.98 bits per heavy atom. The van der Waals surface area contributed by atoms with Crippen LogP contribution >= 0.6 is 0 Å². The molecule has 13 nitrogen and oxygen atoms in total. The van der Waals surface area contributed by atoms with E-state index in [2.05, 4.69) is 35.8 Å². The van der Waals surface area contributed by atoms with Gasteiger partial charge in [-0.1, -0.05) is 38.1 Å². The fraction of sp³-hybridized carbons (Fsp3) is 0.370. The van der Waals surface area contributed by atoms with Gasteiger partial charge in [0.15, 0.2) is 0 Å². The molecule has 0 saturated carbocycles. The first-order valence-corrected chi connectivity index (χ1v) is 12.8. The van der Waals surface area contributed by atoms with Gasteiger partial charge in [-0.25, -0.2) is 14.8 Å². The maximum Gasteiger partial charge on any atom is 0.407 e. The molecular formula is C27H31N9O4. The summed E-state index contributed by atoms with van der Waals surface area (Å²) in [5.74, 6) is 0.223. The smallest absolute Gasteiger partial charge is 0.407 e. The Morgan fingerprint density at radius 1 is 1.18 bits per heavy atom. The quantitative estimate of drug-likeness (QED) is 0.334. The lowest BCUT2D eigenvalue weighted by Gasteiger charge is -2.19. The zero-order valence-corrected chi connectivity index (χ0v) is 23.0. The Kier molecular flexibility index (Phi) is 6.96. The summed E-state index contributed by atoms with van der Waals surface area (Å²) in [4.78, 5) is 39.5. The molecule has 0 bridgehead atoms. The first-order valence-electron chi connectivity index (χ1n) is 12.8. The van der Waals surface area contributed by atoms with Gasteiger partial charge in [-0.3, -0.25) is 9.48 Å². The third kappa shape index (κ3) is 5.48. The largest absolute Gasteiger partial charge is 0.465 e. The maximum absolute atomic E-state index is 13.0. The Morgan fingerprint density at radius 3 is 2.65 bits per heavy atom. The van der Waals surface area contributed by atoms with Crippen molar-refractivity contribution in [3.8, 4) is 11.3 Å². The van der Waals surface area contributed by atoms with Crippen molar-refractivity contribution in [2.75, 3.05) is 11.9 Å². The zero-order valence-electron chi connectivity index (χ0n) is 23.0. The minimum atomic E-state index is -1.03. The number of carbonyl (C=O) groups is 2. The maximum atomic E-state index is 13.0. The van der Waals surface area contributed by atoms with E-state index in [1.165, 1.54) is 4.90 Å². The zero-order chi connectivity index (χ0) is 28.6. The van der Waals surface area contributed by atoms with Crippen LogP contribution in [0.3, 0.4) is 0 Å². The number of aryl methyl sites for hydroxylation is 1. The number of fused-ring (bicyclic) bond motifs is 1. The summed E-state index contributed by atoms with van der Waals surface area (Å²) < 4.78 is 7.03. The van der Waals surface area contributed by atoms with E-state index in [1.807, 2.05) is 52.9 Å². The van der Waals surface area contributed by atoms with E-state index in [-0.39, 0.29) is 18.9 Å². The number of nitrogens with one attached hydrogen (secondary N) is 2. The normalized spacial score (nSPS) is 15.3. The summed E-state index contributed by atoms with van der Waals surface area (Å²) in [6, 6.07) is 7.05. The Labute approximate surface area is 230 Å². The molecule has 4 aromatic rings. The molecule has 0 saturated heterocycles. The molecule has 1 aliphatic rings. The van der Waals surface area contributed by atoms with Crippen LogP contribution in [0, 0.1) is 6.92 Å². The van der Waals surface area contributed by atoms with E-state index in [4.69, 9.17) is 4.52 Å². The molecule has 40 heavy (non-hydrogen) atoms. The predicted molar refractivity (Wildman–Crippen MR) is 145 cm³/mol. The lowest BCUT2D eigenvalue weighted by Crippen LogP contribution is -2.32. The minimum absolute atomic E-state index is 0.0627. The summed E-state index contributed by atoms with van der Waals surface area (Å²) in [5, 5.41) is 24.0. The highest BCUT2D eigenvalue weighted by molar-refractivity contribution is 5.90. The topological polar surface area (TPSA) is 164 Å². The van der Waals surface area contributed by atoms with E-state index < -0.39 is 23.5 Å². The number of aromatic nitrogens is 6. The fourth-order valence-corrected chi connectivity index (χ4v) is 4.44. The summed E-state index contributed by atoms with van der Waals surface area (Å²) in [7, 11) is 1.86. The van der Waals surface area contributed by atoms with Crippen molar-refractivity contribution >= 4 is 23.6 Å². The van der Waals surface area contributed by atoms with Crippen LogP contribution in [-0.4, -0.2) is 58.4 Å². The highest BCUT2D eigenvalue weighted by Gasteiger charge is 2.29. The Hall–Kier alpha value is -4.81. The molecular weight excluding hydrogens is 514 g/mol. The SMILES string of the molecule is Cc1c(Nc2nccc(-c3ccc4c(c3)CN(C(=O)O)CCC4NC(=O)c3noc(C(C)(C)C)n3)n2)cnn1C. The second-order valence-electron chi connectivity index (χ2n) is 10.8. The first-order chi connectivity index (χ1) is 19.0. The summed E-state index contributed by atoms with van der Waals surface area (Å²) in [6.45, 7) is 8.11. The van der Waals surface area contributed by atoms with Gasteiger partial charge in [0.25, 0.3) is 11.7 Å². The lowest BCUT2D eigenvalue weighted by molar-refractivity contribution is 0.0919. The van der Waals surface area contributed by atoms with Crippen molar-refractivity contribution in [3.63, 3.8) is 0 Å². The van der Waals surface area contributed by atoms with E-state index in [1.54, 1.807) is 23.1 Å². The summed E-state index contributed by atoms with van der Waals surface area (Å²) >= 11 is 0. The number of hydrogen-bond donors (Lipinski definition) is 3. The molecule has 1 aromatic carbocycles. The monoisotopic (exact) mass is 545 g/mol. The average molecular weight is 546 g/mol. The van der Waals surface area contributed by atoms with Gasteiger partial charge in [0.2, 0.25) is 11.8 Å². The van der Waals surface area contributed by atoms with Crippen LogP contribution < -0.4 is 10.6 Å². The number of anilines is 2. The Bertz CT molecular complexity index is 1570. The van der Waals surface area contributed by atoms with E-state index in [9.17, 15) is 14.7 Å². The van der Waals surface area contributed by atoms with Crippen LogP contribution in [0.15, 0.2) is 41.2 Å². The van der Waals surface area contributed by atoms with Crippen LogP contribution in [0.25, 0.3) is 11.3 Å². The van der Waals surface area contributed by atoms with Crippen molar-refractivity contribution in [3.05, 3.63) is 65.2 Å². The van der Waals surface area contributed by atoms with Gasteiger partial charge in [0.05, 0.1) is 29.3 Å². The molecule has 208 valence electrons. The molecule has 2 amide bonds. The van der Waals surface area contributed by atoms with Crippen molar-refractivity contribution < 1.29 is 19.2 Å². The molecule has 13 heteroatoms. The third-order valence-electron chi connectivity index (χ3n) is 6.85. The molecule has 1 unspecified atom stereocenters. The molecule has 3 aromatic heterocycles. The van der Waals surface area contributed by atoms with Crippen LogP contribution in [0.2, 0.25) is 0 Å². The third-order valence-corrected chi connectivity index (χ3v) is 6.85. The number of carbonyl (C=O) groups excluding carboxylic acids is 1. The standard InChI is InChI=1S/C27H31N9O4/c1-15-21(13-29-35(15)5)32-25-28-10-8-19(31-25)16-6-7-18-17(12-16)14-36(26(38)39)11-9-20(18)30-23(37)22-33-24(40-34-22)27(2,3)4/h6-8,10,12-13,20H,9,11,14H2,1-5H3,(H,30,37)(H,38,39)(H,28,31,32). The molecule has 0 aliphatic carbocycles. The minimum Gasteiger partial charge on any atom is -0.465 e. The highest BCUT2D eigenvalue weighted by Crippen LogP contribution is 2.31. The molecule has 3 N–H and O–H groups in total. The summed E-state index contributed by atoms with van der Waals surface area (Å²) in [5.41, 5.74) is 4.38. The van der Waals surface area contributed by atoms with Gasteiger partial charge in [-0.2, -0.15) is 10.1 Å². The molecule has 1 atom stereocenters. The number of amides is 2. The van der Waals surface area contributed by atoms with E-state index >= 15 is 0 Å². The number of rotatable bonds is 5. The number of benzene rings is 1. The molecule has 4 heterocycles. The molecule has 0 radical (unpaired) electrons. The number of hydrogen-bond acceptors (Lipinski definition) is 9. The van der Waals surface area contributed by atoms with Gasteiger partial charge in [0, 0.05) is 37.3 Å². The predicted octanol–water partition coefficient (Wildman–Crippen LogP) is 3.96. The molecule has 0 fully saturated rings. The van der Waals surface area contributed by atoms with Gasteiger partial charge in [-0.15, -0.1) is 0 Å². The number of nitrogens with zero attached hydrogens (tertiary/aromatic N) is 7. The van der Waals surface area contributed by atoms with Crippen molar-refractivity contribution in [2.45, 2.75) is 52.1 Å². The van der Waals surface area contributed by atoms with Crippen LogP contribution in [0.1, 0.15) is 66.6 Å². The van der Waals surface area contributed by atoms with Crippen molar-refractivity contribution in [2.24, 2.45) is 7.05 Å².